The van der Waals surface area contributed by atoms with E-state index in [1.165, 1.54) is 0 Å². The summed E-state index contributed by atoms with van der Waals surface area (Å²) in [4.78, 5) is 17.1. The van der Waals surface area contributed by atoms with Gasteiger partial charge in [0.05, 0.1) is 17.9 Å². The van der Waals surface area contributed by atoms with E-state index in [1.807, 2.05) is 42.5 Å². The first-order valence-corrected chi connectivity index (χ1v) is 9.71. The number of rotatable bonds is 5. The molecule has 1 aliphatic heterocycles. The number of amides is 1. The van der Waals surface area contributed by atoms with Crippen molar-refractivity contribution >= 4 is 21.8 Å². The van der Waals surface area contributed by atoms with E-state index in [0.29, 0.717) is 29.3 Å². The summed E-state index contributed by atoms with van der Waals surface area (Å²) in [7, 11) is 0. The molecule has 0 radical (unpaired) electrons. The summed E-state index contributed by atoms with van der Waals surface area (Å²) in [5.41, 5.74) is 2.13. The van der Waals surface area contributed by atoms with Crippen molar-refractivity contribution < 1.29 is 13.9 Å². The van der Waals surface area contributed by atoms with Crippen LogP contribution in [0.2, 0.25) is 0 Å². The molecule has 27 heavy (non-hydrogen) atoms. The van der Waals surface area contributed by atoms with Crippen molar-refractivity contribution in [1.29, 1.82) is 0 Å². The second kappa shape index (κ2) is 8.06. The van der Waals surface area contributed by atoms with Crippen LogP contribution in [0.1, 0.15) is 23.2 Å². The number of carbonyl (C=O) groups is 1. The second-order valence-electron chi connectivity index (χ2n) is 6.43. The summed E-state index contributed by atoms with van der Waals surface area (Å²) in [5, 5.41) is 2.96. The number of nitrogens with zero attached hydrogens (tertiary/aromatic N) is 1. The van der Waals surface area contributed by atoms with Crippen molar-refractivity contribution in [2.45, 2.75) is 18.9 Å². The molecule has 3 aromatic rings. The molecule has 1 fully saturated rings. The Balaban J connectivity index is 1.56. The Hall–Kier alpha value is -2.44. The molecule has 1 aromatic heterocycles. The van der Waals surface area contributed by atoms with Gasteiger partial charge in [-0.1, -0.05) is 40.2 Å². The third-order valence-corrected chi connectivity index (χ3v) is 5.02. The molecule has 1 aliphatic rings. The monoisotopic (exact) mass is 426 g/mol. The average molecular weight is 427 g/mol. The van der Waals surface area contributed by atoms with E-state index in [1.54, 1.807) is 12.3 Å². The molecular weight excluding hydrogens is 408 g/mol. The molecule has 2 aromatic carbocycles. The molecule has 0 unspecified atom stereocenters. The molecule has 0 aliphatic carbocycles. The molecule has 1 atom stereocenters. The molecule has 1 saturated heterocycles. The Bertz CT molecular complexity index is 948. The predicted molar refractivity (Wildman–Crippen MR) is 106 cm³/mol. The number of halogens is 1. The van der Waals surface area contributed by atoms with Crippen LogP contribution in [0.25, 0.3) is 22.8 Å². The summed E-state index contributed by atoms with van der Waals surface area (Å²) >= 11 is 3.46. The topological polar surface area (TPSA) is 64.4 Å². The number of carbonyl (C=O) groups excluding carboxylic acids is 1. The third-order valence-electron chi connectivity index (χ3n) is 4.53. The van der Waals surface area contributed by atoms with E-state index in [4.69, 9.17) is 9.15 Å². The van der Waals surface area contributed by atoms with Crippen LogP contribution in [0, 0.1) is 0 Å². The van der Waals surface area contributed by atoms with Crippen molar-refractivity contribution in [3.63, 3.8) is 0 Å². The minimum Gasteiger partial charge on any atom is -0.436 e. The standard InChI is InChI=1S/C21H19BrN2O3/c22-15-6-3-5-14(11-15)19-13-24-21(27-19)18-9-2-1-8-17(18)20(25)23-12-16-7-4-10-26-16/h1-3,5-6,8-9,11,13,16H,4,7,10,12H2,(H,23,25)/t16-/m1/s1. The molecule has 6 heteroatoms. The summed E-state index contributed by atoms with van der Waals surface area (Å²) in [6, 6.07) is 15.1. The van der Waals surface area contributed by atoms with Crippen LogP contribution >= 0.6 is 15.9 Å². The predicted octanol–water partition coefficient (Wildman–Crippen LogP) is 4.68. The first-order chi connectivity index (χ1) is 13.2. The SMILES string of the molecule is O=C(NC[C@H]1CCCO1)c1ccccc1-c1ncc(-c2cccc(Br)c2)o1. The smallest absolute Gasteiger partial charge is 0.252 e. The Morgan fingerprint density at radius 3 is 2.93 bits per heavy atom. The minimum absolute atomic E-state index is 0.103. The molecule has 0 spiro atoms. The highest BCUT2D eigenvalue weighted by Gasteiger charge is 2.20. The van der Waals surface area contributed by atoms with Crippen molar-refractivity contribution in [3.05, 3.63) is 64.8 Å². The highest BCUT2D eigenvalue weighted by molar-refractivity contribution is 9.10. The number of ether oxygens (including phenoxy) is 1. The first-order valence-electron chi connectivity index (χ1n) is 8.91. The van der Waals surface area contributed by atoms with E-state index in [0.717, 1.165) is 29.5 Å². The van der Waals surface area contributed by atoms with Crippen LogP contribution < -0.4 is 5.32 Å². The number of benzene rings is 2. The lowest BCUT2D eigenvalue weighted by atomic mass is 10.1. The number of nitrogens with one attached hydrogen (secondary N) is 1. The highest BCUT2D eigenvalue weighted by Crippen LogP contribution is 2.29. The van der Waals surface area contributed by atoms with E-state index < -0.39 is 0 Å². The largest absolute Gasteiger partial charge is 0.436 e. The van der Waals surface area contributed by atoms with E-state index in [9.17, 15) is 4.79 Å². The van der Waals surface area contributed by atoms with E-state index in [-0.39, 0.29) is 12.0 Å². The zero-order valence-corrected chi connectivity index (χ0v) is 16.2. The van der Waals surface area contributed by atoms with Crippen molar-refractivity contribution in [1.82, 2.24) is 10.3 Å². The van der Waals surface area contributed by atoms with Crippen molar-refractivity contribution in [3.8, 4) is 22.8 Å². The fourth-order valence-corrected chi connectivity index (χ4v) is 3.55. The normalized spacial score (nSPS) is 16.4. The third kappa shape index (κ3) is 4.12. The van der Waals surface area contributed by atoms with Gasteiger partial charge in [0.1, 0.15) is 0 Å². The molecule has 0 saturated carbocycles. The Morgan fingerprint density at radius 1 is 1.22 bits per heavy atom. The van der Waals surface area contributed by atoms with Crippen LogP contribution in [-0.2, 0) is 4.74 Å². The maximum absolute atomic E-state index is 12.7. The Labute approximate surface area is 165 Å². The molecule has 1 amide bonds. The maximum Gasteiger partial charge on any atom is 0.252 e. The first kappa shape index (κ1) is 17.9. The van der Waals surface area contributed by atoms with Gasteiger partial charge < -0.3 is 14.5 Å². The van der Waals surface area contributed by atoms with Gasteiger partial charge in [-0.05, 0) is 37.1 Å². The molecule has 1 N–H and O–H groups in total. The fraction of sp³-hybridized carbons (Fsp3) is 0.238. The molecule has 0 bridgehead atoms. The summed E-state index contributed by atoms with van der Waals surface area (Å²) < 4.78 is 12.5. The zero-order chi connectivity index (χ0) is 18.6. The number of hydrogen-bond acceptors (Lipinski definition) is 4. The van der Waals surface area contributed by atoms with Gasteiger partial charge in [0.2, 0.25) is 5.89 Å². The van der Waals surface area contributed by atoms with Gasteiger partial charge in [-0.25, -0.2) is 4.98 Å². The lowest BCUT2D eigenvalue weighted by molar-refractivity contribution is 0.0858. The van der Waals surface area contributed by atoms with Crippen LogP contribution in [0.4, 0.5) is 0 Å². The van der Waals surface area contributed by atoms with Gasteiger partial charge >= 0.3 is 0 Å². The molecule has 138 valence electrons. The quantitative estimate of drug-likeness (QED) is 0.642. The van der Waals surface area contributed by atoms with Crippen LogP contribution in [0.3, 0.4) is 0 Å². The van der Waals surface area contributed by atoms with Gasteiger partial charge in [0.25, 0.3) is 5.91 Å². The van der Waals surface area contributed by atoms with Gasteiger partial charge in [-0.2, -0.15) is 0 Å². The minimum atomic E-state index is -0.150. The van der Waals surface area contributed by atoms with Gasteiger partial charge in [0, 0.05) is 28.8 Å². The van der Waals surface area contributed by atoms with Gasteiger partial charge in [-0.15, -0.1) is 0 Å². The van der Waals surface area contributed by atoms with E-state index in [2.05, 4.69) is 26.2 Å². The molecule has 4 rings (SSSR count). The number of oxazole rings is 1. The summed E-state index contributed by atoms with van der Waals surface area (Å²) in [5.74, 6) is 0.928. The zero-order valence-electron chi connectivity index (χ0n) is 14.7. The Morgan fingerprint density at radius 2 is 2.11 bits per heavy atom. The fourth-order valence-electron chi connectivity index (χ4n) is 3.15. The average Bonchev–Trinajstić information content (AvgIpc) is 3.38. The van der Waals surface area contributed by atoms with Crippen LogP contribution in [0.15, 0.2) is 63.6 Å². The highest BCUT2D eigenvalue weighted by atomic mass is 79.9. The van der Waals surface area contributed by atoms with E-state index >= 15 is 0 Å². The summed E-state index contributed by atoms with van der Waals surface area (Å²) in [6.45, 7) is 1.29. The molecular formula is C21H19BrN2O3. The summed E-state index contributed by atoms with van der Waals surface area (Å²) in [6.07, 6.45) is 3.81. The van der Waals surface area contributed by atoms with Crippen LogP contribution in [-0.4, -0.2) is 30.1 Å². The van der Waals surface area contributed by atoms with Gasteiger partial charge in [-0.3, -0.25) is 4.79 Å². The number of aromatic nitrogens is 1. The van der Waals surface area contributed by atoms with Crippen molar-refractivity contribution in [2.75, 3.05) is 13.2 Å². The van der Waals surface area contributed by atoms with Crippen molar-refractivity contribution in [2.24, 2.45) is 0 Å². The molecule has 2 heterocycles. The second-order valence-corrected chi connectivity index (χ2v) is 7.35. The maximum atomic E-state index is 12.7. The molecule has 5 nitrogen and oxygen atoms in total. The lowest BCUT2D eigenvalue weighted by Gasteiger charge is -2.12. The Kier molecular flexibility index (Phi) is 5.36. The lowest BCUT2D eigenvalue weighted by Crippen LogP contribution is -2.32. The number of hydrogen-bond donors (Lipinski definition) is 1. The van der Waals surface area contributed by atoms with Crippen LogP contribution in [0.5, 0.6) is 0 Å². The van der Waals surface area contributed by atoms with Gasteiger partial charge in [0.15, 0.2) is 5.76 Å².